The number of piperidine rings is 1. The minimum Gasteiger partial charge on any atom is -0.398 e. The van der Waals surface area contributed by atoms with Crippen LogP contribution in [0.5, 0.6) is 0 Å². The zero-order chi connectivity index (χ0) is 14.9. The molecule has 0 bridgehead atoms. The summed E-state index contributed by atoms with van der Waals surface area (Å²) in [6.07, 6.45) is 3.37. The van der Waals surface area contributed by atoms with Crippen LogP contribution in [0.1, 0.15) is 32.6 Å². The van der Waals surface area contributed by atoms with E-state index < -0.39 is 15.8 Å². The molecule has 7 heteroatoms. The summed E-state index contributed by atoms with van der Waals surface area (Å²) in [7, 11) is -3.84. The van der Waals surface area contributed by atoms with E-state index in [1.54, 1.807) is 0 Å². The standard InChI is InChI=1S/C13H18BrFN2O2S/c1-2-9-5-3-4-6-17(9)20(18,19)13-8-12(16)10(14)7-11(13)15/h7-9H,2-6,16H2,1H3. The fourth-order valence-corrected chi connectivity index (χ4v) is 4.73. The van der Waals surface area contributed by atoms with Crippen LogP contribution in [0.3, 0.4) is 0 Å². The van der Waals surface area contributed by atoms with Crippen LogP contribution in [0.15, 0.2) is 21.5 Å². The third-order valence-corrected chi connectivity index (χ3v) is 6.34. The first kappa shape index (κ1) is 15.7. The average Bonchev–Trinajstić information content (AvgIpc) is 2.42. The van der Waals surface area contributed by atoms with Crippen LogP contribution < -0.4 is 5.73 Å². The maximum Gasteiger partial charge on any atom is 0.246 e. The van der Waals surface area contributed by atoms with Gasteiger partial charge in [0.05, 0.1) is 0 Å². The molecular weight excluding hydrogens is 347 g/mol. The van der Waals surface area contributed by atoms with Gasteiger partial charge in [0.15, 0.2) is 0 Å². The van der Waals surface area contributed by atoms with E-state index in [9.17, 15) is 12.8 Å². The Balaban J connectivity index is 2.46. The second kappa shape index (κ2) is 5.99. The molecule has 2 rings (SSSR count). The number of nitrogens with two attached hydrogens (primary N) is 1. The van der Waals surface area contributed by atoms with E-state index in [2.05, 4.69) is 15.9 Å². The van der Waals surface area contributed by atoms with Crippen LogP contribution in [0, 0.1) is 5.82 Å². The van der Waals surface area contributed by atoms with Crippen molar-refractivity contribution < 1.29 is 12.8 Å². The van der Waals surface area contributed by atoms with E-state index in [1.165, 1.54) is 10.4 Å². The number of nitrogen functional groups attached to an aromatic ring is 1. The van der Waals surface area contributed by atoms with E-state index in [-0.39, 0.29) is 16.6 Å². The van der Waals surface area contributed by atoms with Gasteiger partial charge in [0.2, 0.25) is 10.0 Å². The fraction of sp³-hybridized carbons (Fsp3) is 0.538. The summed E-state index contributed by atoms with van der Waals surface area (Å²) in [5, 5.41) is 0. The number of benzene rings is 1. The van der Waals surface area contributed by atoms with Gasteiger partial charge in [-0.3, -0.25) is 0 Å². The maximum atomic E-state index is 14.0. The Hall–Kier alpha value is -0.660. The first-order valence-corrected chi connectivity index (χ1v) is 8.87. The molecule has 1 heterocycles. The van der Waals surface area contributed by atoms with Gasteiger partial charge in [-0.1, -0.05) is 13.3 Å². The van der Waals surface area contributed by atoms with Gasteiger partial charge >= 0.3 is 0 Å². The molecule has 1 fully saturated rings. The molecule has 112 valence electrons. The molecular formula is C13H18BrFN2O2S. The molecule has 0 spiro atoms. The zero-order valence-electron chi connectivity index (χ0n) is 11.3. The van der Waals surface area contributed by atoms with Crippen LogP contribution in [0.4, 0.5) is 10.1 Å². The first-order chi connectivity index (χ1) is 9.37. The number of hydrogen-bond acceptors (Lipinski definition) is 3. The molecule has 0 radical (unpaired) electrons. The van der Waals surface area contributed by atoms with E-state index in [0.29, 0.717) is 11.0 Å². The van der Waals surface area contributed by atoms with Gasteiger partial charge in [0.25, 0.3) is 0 Å². The Kier molecular flexibility index (Phi) is 4.71. The second-order valence-electron chi connectivity index (χ2n) is 4.98. The van der Waals surface area contributed by atoms with Crippen LogP contribution >= 0.6 is 15.9 Å². The lowest BCUT2D eigenvalue weighted by Gasteiger charge is -2.34. The zero-order valence-corrected chi connectivity index (χ0v) is 13.7. The molecule has 0 aromatic heterocycles. The highest BCUT2D eigenvalue weighted by molar-refractivity contribution is 9.10. The number of nitrogens with zero attached hydrogens (tertiary/aromatic N) is 1. The Labute approximate surface area is 127 Å². The molecule has 1 aromatic rings. The Bertz CT molecular complexity index is 607. The number of halogens is 2. The molecule has 1 atom stereocenters. The van der Waals surface area contributed by atoms with Crippen LogP contribution in [-0.4, -0.2) is 25.3 Å². The normalized spacial score (nSPS) is 21.1. The van der Waals surface area contributed by atoms with E-state index in [1.807, 2.05) is 6.92 Å². The van der Waals surface area contributed by atoms with Gasteiger partial charge in [-0.15, -0.1) is 0 Å². The summed E-state index contributed by atoms with van der Waals surface area (Å²) in [5.41, 5.74) is 5.90. The largest absolute Gasteiger partial charge is 0.398 e. The highest BCUT2D eigenvalue weighted by Crippen LogP contribution is 2.31. The summed E-state index contributed by atoms with van der Waals surface area (Å²) < 4.78 is 41.1. The monoisotopic (exact) mass is 364 g/mol. The summed E-state index contributed by atoms with van der Waals surface area (Å²) in [6.45, 7) is 2.39. The van der Waals surface area contributed by atoms with Crippen molar-refractivity contribution in [3.05, 3.63) is 22.4 Å². The van der Waals surface area contributed by atoms with Gasteiger partial charge in [-0.25, -0.2) is 12.8 Å². The van der Waals surface area contributed by atoms with Gasteiger partial charge in [0, 0.05) is 22.7 Å². The third kappa shape index (κ3) is 2.84. The molecule has 0 saturated carbocycles. The maximum absolute atomic E-state index is 14.0. The van der Waals surface area contributed by atoms with Gasteiger partial charge in [-0.05, 0) is 47.3 Å². The van der Waals surface area contributed by atoms with Crippen LogP contribution in [-0.2, 0) is 10.0 Å². The smallest absolute Gasteiger partial charge is 0.246 e. The van der Waals surface area contributed by atoms with Crippen molar-refractivity contribution >= 4 is 31.6 Å². The Morgan fingerprint density at radius 1 is 1.45 bits per heavy atom. The SMILES string of the molecule is CCC1CCCCN1S(=O)(=O)c1cc(N)c(Br)cc1F. The quantitative estimate of drug-likeness (QED) is 0.838. The number of anilines is 1. The summed E-state index contributed by atoms with van der Waals surface area (Å²) in [5.74, 6) is -0.772. The summed E-state index contributed by atoms with van der Waals surface area (Å²) in [4.78, 5) is -0.335. The van der Waals surface area contributed by atoms with Crippen LogP contribution in [0.25, 0.3) is 0 Å². The first-order valence-electron chi connectivity index (χ1n) is 6.64. The van der Waals surface area contributed by atoms with E-state index in [4.69, 9.17) is 5.73 Å². The fourth-order valence-electron chi connectivity index (χ4n) is 2.57. The molecule has 1 saturated heterocycles. The summed E-state index contributed by atoms with van der Waals surface area (Å²) >= 11 is 3.10. The minimum atomic E-state index is -3.84. The lowest BCUT2D eigenvalue weighted by Crippen LogP contribution is -2.43. The average molecular weight is 365 g/mol. The number of sulfonamides is 1. The third-order valence-electron chi connectivity index (χ3n) is 3.68. The van der Waals surface area contributed by atoms with Crippen molar-refractivity contribution in [3.63, 3.8) is 0 Å². The predicted octanol–water partition coefficient (Wildman–Crippen LogP) is 3.12. The molecule has 1 aliphatic heterocycles. The van der Waals surface area contributed by atoms with Gasteiger partial charge in [0.1, 0.15) is 10.7 Å². The molecule has 20 heavy (non-hydrogen) atoms. The van der Waals surface area contributed by atoms with Gasteiger partial charge < -0.3 is 5.73 Å². The van der Waals surface area contributed by atoms with Crippen molar-refractivity contribution in [2.75, 3.05) is 12.3 Å². The lowest BCUT2D eigenvalue weighted by atomic mass is 10.0. The molecule has 0 aliphatic carbocycles. The highest BCUT2D eigenvalue weighted by atomic mass is 79.9. The Morgan fingerprint density at radius 2 is 2.15 bits per heavy atom. The highest BCUT2D eigenvalue weighted by Gasteiger charge is 2.34. The van der Waals surface area contributed by atoms with Crippen molar-refractivity contribution in [2.24, 2.45) is 0 Å². The number of rotatable bonds is 3. The van der Waals surface area contributed by atoms with Crippen molar-refractivity contribution in [1.82, 2.24) is 4.31 Å². The van der Waals surface area contributed by atoms with Crippen molar-refractivity contribution in [3.8, 4) is 0 Å². The topological polar surface area (TPSA) is 63.4 Å². The predicted molar refractivity (Wildman–Crippen MR) is 80.3 cm³/mol. The van der Waals surface area contributed by atoms with E-state index in [0.717, 1.165) is 31.7 Å². The minimum absolute atomic E-state index is 0.0574. The molecule has 4 nitrogen and oxygen atoms in total. The lowest BCUT2D eigenvalue weighted by molar-refractivity contribution is 0.246. The molecule has 1 aromatic carbocycles. The molecule has 0 amide bonds. The molecule has 1 aliphatic rings. The van der Waals surface area contributed by atoms with E-state index >= 15 is 0 Å². The second-order valence-corrected chi connectivity index (χ2v) is 7.69. The van der Waals surface area contributed by atoms with Gasteiger partial charge in [-0.2, -0.15) is 4.31 Å². The Morgan fingerprint density at radius 3 is 2.80 bits per heavy atom. The molecule has 2 N–H and O–H groups in total. The molecule has 1 unspecified atom stereocenters. The van der Waals surface area contributed by atoms with Crippen molar-refractivity contribution in [2.45, 2.75) is 43.5 Å². The van der Waals surface area contributed by atoms with Crippen LogP contribution in [0.2, 0.25) is 0 Å². The number of hydrogen-bond donors (Lipinski definition) is 1. The van der Waals surface area contributed by atoms with Crippen molar-refractivity contribution in [1.29, 1.82) is 0 Å². The summed E-state index contributed by atoms with van der Waals surface area (Å²) in [6, 6.07) is 2.24.